The second kappa shape index (κ2) is 9.41. The van der Waals surface area contributed by atoms with E-state index in [4.69, 9.17) is 4.74 Å². The Morgan fingerprint density at radius 2 is 2.04 bits per heavy atom. The Morgan fingerprint density at radius 3 is 2.68 bits per heavy atom. The number of aromatic hydroxyl groups is 1. The van der Waals surface area contributed by atoms with Crippen molar-refractivity contribution >= 4 is 34.7 Å². The molecule has 0 fully saturated rings. The lowest BCUT2D eigenvalue weighted by Gasteiger charge is -2.10. The number of halogens is 1. The summed E-state index contributed by atoms with van der Waals surface area (Å²) in [7, 11) is 0. The molecule has 1 atom stereocenters. The van der Waals surface area contributed by atoms with Gasteiger partial charge in [0.05, 0.1) is 9.78 Å². The summed E-state index contributed by atoms with van der Waals surface area (Å²) in [5.41, 5.74) is 4.45. The molecule has 5 nitrogen and oxygen atoms in total. The smallest absolute Gasteiger partial charge is 0.277 e. The summed E-state index contributed by atoms with van der Waals surface area (Å²) in [6.07, 6.45) is 2.60. The lowest BCUT2D eigenvalue weighted by atomic mass is 9.99. The maximum absolute atomic E-state index is 11.8. The number of nitrogens with zero attached hydrogens (tertiary/aromatic N) is 1. The van der Waals surface area contributed by atoms with Crippen molar-refractivity contribution < 1.29 is 14.6 Å². The van der Waals surface area contributed by atoms with E-state index < -0.39 is 0 Å². The molecule has 0 aliphatic heterocycles. The molecule has 0 saturated heterocycles. The fourth-order valence-corrected chi connectivity index (χ4v) is 2.63. The van der Waals surface area contributed by atoms with Crippen molar-refractivity contribution in [1.82, 2.24) is 5.43 Å². The summed E-state index contributed by atoms with van der Waals surface area (Å²) in [4.78, 5) is 11.8. The molecular weight excluding hydrogens is 431 g/mol. The number of carbonyl (C=O) groups is 1. The SMILES string of the molecule is CC[C@@H](C)c1ccc(OCC(=O)N/N=C\c2ccc(O)c(I)c2)cc1. The van der Waals surface area contributed by atoms with E-state index in [0.717, 1.165) is 15.6 Å². The highest BCUT2D eigenvalue weighted by Crippen LogP contribution is 2.21. The Balaban J connectivity index is 1.80. The van der Waals surface area contributed by atoms with Gasteiger partial charge < -0.3 is 9.84 Å². The van der Waals surface area contributed by atoms with Gasteiger partial charge in [-0.15, -0.1) is 0 Å². The van der Waals surface area contributed by atoms with Gasteiger partial charge in [-0.1, -0.05) is 26.0 Å². The standard InChI is InChI=1S/C19H21IN2O3/c1-3-13(2)15-5-7-16(8-6-15)25-12-19(24)22-21-11-14-4-9-18(23)17(20)10-14/h4-11,13,23H,3,12H2,1-2H3,(H,22,24)/b21-11-/t13-/m1/s1. The third-order valence-corrected chi connectivity index (χ3v) is 4.67. The minimum Gasteiger partial charge on any atom is -0.507 e. The Morgan fingerprint density at radius 1 is 1.32 bits per heavy atom. The van der Waals surface area contributed by atoms with Crippen molar-refractivity contribution in [3.05, 3.63) is 57.2 Å². The van der Waals surface area contributed by atoms with Crippen LogP contribution in [0, 0.1) is 3.57 Å². The molecule has 0 saturated carbocycles. The van der Waals surface area contributed by atoms with Gasteiger partial charge in [-0.2, -0.15) is 5.10 Å². The first-order valence-corrected chi connectivity index (χ1v) is 9.10. The number of hydrazone groups is 1. The Labute approximate surface area is 161 Å². The molecule has 2 aromatic rings. The molecule has 132 valence electrons. The van der Waals surface area contributed by atoms with Crippen molar-refractivity contribution in [1.29, 1.82) is 0 Å². The fraction of sp³-hybridized carbons (Fsp3) is 0.263. The summed E-state index contributed by atoms with van der Waals surface area (Å²) in [6.45, 7) is 4.22. The van der Waals surface area contributed by atoms with Crippen LogP contribution in [0.15, 0.2) is 47.6 Å². The Kier molecular flexibility index (Phi) is 7.24. The number of rotatable bonds is 7. The number of carbonyl (C=O) groups excluding carboxylic acids is 1. The average molecular weight is 452 g/mol. The number of ether oxygens (including phenoxy) is 1. The van der Waals surface area contributed by atoms with Crippen LogP contribution in [0.1, 0.15) is 37.3 Å². The lowest BCUT2D eigenvalue weighted by molar-refractivity contribution is -0.123. The van der Waals surface area contributed by atoms with Crippen molar-refractivity contribution in [2.24, 2.45) is 5.10 Å². The monoisotopic (exact) mass is 452 g/mol. The second-order valence-corrected chi connectivity index (χ2v) is 6.83. The van der Waals surface area contributed by atoms with Crippen LogP contribution < -0.4 is 10.2 Å². The minimum atomic E-state index is -0.337. The van der Waals surface area contributed by atoms with Crippen molar-refractivity contribution in [3.63, 3.8) is 0 Å². The molecule has 0 heterocycles. The van der Waals surface area contributed by atoms with Gasteiger partial charge in [0.1, 0.15) is 11.5 Å². The molecule has 0 bridgehead atoms. The molecule has 2 aromatic carbocycles. The van der Waals surface area contributed by atoms with Crippen LogP contribution in [-0.4, -0.2) is 23.8 Å². The summed E-state index contributed by atoms with van der Waals surface area (Å²) >= 11 is 2.02. The van der Waals surface area contributed by atoms with Crippen molar-refractivity contribution in [3.8, 4) is 11.5 Å². The molecule has 2 rings (SSSR count). The molecule has 0 aliphatic rings. The lowest BCUT2D eigenvalue weighted by Crippen LogP contribution is -2.24. The molecule has 0 aliphatic carbocycles. The maximum Gasteiger partial charge on any atom is 0.277 e. The third kappa shape index (κ3) is 6.04. The average Bonchev–Trinajstić information content (AvgIpc) is 2.62. The topological polar surface area (TPSA) is 70.9 Å². The highest BCUT2D eigenvalue weighted by atomic mass is 127. The van der Waals surface area contributed by atoms with Crippen LogP contribution >= 0.6 is 22.6 Å². The van der Waals surface area contributed by atoms with E-state index in [9.17, 15) is 9.90 Å². The Bertz CT molecular complexity index is 745. The molecule has 2 N–H and O–H groups in total. The van der Waals surface area contributed by atoms with Crippen LogP contribution in [0.5, 0.6) is 11.5 Å². The van der Waals surface area contributed by atoms with Gasteiger partial charge in [-0.3, -0.25) is 4.79 Å². The first kappa shape index (κ1) is 19.2. The zero-order valence-electron chi connectivity index (χ0n) is 14.2. The van der Waals surface area contributed by atoms with E-state index in [0.29, 0.717) is 11.7 Å². The van der Waals surface area contributed by atoms with Crippen LogP contribution in [0.4, 0.5) is 0 Å². The van der Waals surface area contributed by atoms with Gasteiger partial charge in [-0.05, 0) is 76.4 Å². The number of phenolic OH excluding ortho intramolecular Hbond substituents is 1. The minimum absolute atomic E-state index is 0.104. The van der Waals surface area contributed by atoms with Crippen molar-refractivity contribution in [2.75, 3.05) is 6.61 Å². The summed E-state index contributed by atoms with van der Waals surface area (Å²) in [5, 5.41) is 13.3. The van der Waals surface area contributed by atoms with E-state index in [-0.39, 0.29) is 18.3 Å². The van der Waals surface area contributed by atoms with Gasteiger partial charge in [0, 0.05) is 0 Å². The number of benzene rings is 2. The first-order valence-electron chi connectivity index (χ1n) is 8.02. The van der Waals surface area contributed by atoms with E-state index >= 15 is 0 Å². The zero-order chi connectivity index (χ0) is 18.2. The number of hydrogen-bond donors (Lipinski definition) is 2. The van der Waals surface area contributed by atoms with Crippen LogP contribution in [0.25, 0.3) is 0 Å². The van der Waals surface area contributed by atoms with Gasteiger partial charge in [0.15, 0.2) is 6.61 Å². The van der Waals surface area contributed by atoms with E-state index in [2.05, 4.69) is 24.4 Å². The van der Waals surface area contributed by atoms with E-state index in [1.807, 2.05) is 46.9 Å². The number of nitrogens with one attached hydrogen (secondary N) is 1. The fourth-order valence-electron chi connectivity index (χ4n) is 2.09. The number of amides is 1. The highest BCUT2D eigenvalue weighted by molar-refractivity contribution is 14.1. The van der Waals surface area contributed by atoms with Gasteiger partial charge in [-0.25, -0.2) is 5.43 Å². The number of phenols is 1. The van der Waals surface area contributed by atoms with Crippen molar-refractivity contribution in [2.45, 2.75) is 26.2 Å². The van der Waals surface area contributed by atoms with Gasteiger partial charge in [0.2, 0.25) is 0 Å². The predicted octanol–water partition coefficient (Wildman–Crippen LogP) is 4.04. The van der Waals surface area contributed by atoms with E-state index in [1.54, 1.807) is 18.2 Å². The van der Waals surface area contributed by atoms with E-state index in [1.165, 1.54) is 11.8 Å². The molecule has 1 amide bonds. The van der Waals surface area contributed by atoms with Gasteiger partial charge >= 0.3 is 0 Å². The first-order chi connectivity index (χ1) is 12.0. The predicted molar refractivity (Wildman–Crippen MR) is 107 cm³/mol. The normalized spacial score (nSPS) is 12.1. The molecule has 0 unspecified atom stereocenters. The summed E-state index contributed by atoms with van der Waals surface area (Å²) < 4.78 is 6.17. The van der Waals surface area contributed by atoms with Crippen LogP contribution in [0.2, 0.25) is 0 Å². The summed E-state index contributed by atoms with van der Waals surface area (Å²) in [6, 6.07) is 12.8. The maximum atomic E-state index is 11.8. The van der Waals surface area contributed by atoms with Gasteiger partial charge in [0.25, 0.3) is 5.91 Å². The molecule has 6 heteroatoms. The molecule has 0 radical (unpaired) electrons. The largest absolute Gasteiger partial charge is 0.507 e. The molecule has 25 heavy (non-hydrogen) atoms. The quantitative estimate of drug-likeness (QED) is 0.379. The zero-order valence-corrected chi connectivity index (χ0v) is 16.4. The van der Waals surface area contributed by atoms with Crippen LogP contribution in [-0.2, 0) is 4.79 Å². The number of hydrogen-bond acceptors (Lipinski definition) is 4. The highest BCUT2D eigenvalue weighted by Gasteiger charge is 2.05. The molecular formula is C19H21IN2O3. The second-order valence-electron chi connectivity index (χ2n) is 5.67. The third-order valence-electron chi connectivity index (χ3n) is 3.81. The molecule has 0 spiro atoms. The molecule has 0 aromatic heterocycles. The summed E-state index contributed by atoms with van der Waals surface area (Å²) in [5.74, 6) is 1.04. The Hall–Kier alpha value is -2.09. The van der Waals surface area contributed by atoms with Crippen LogP contribution in [0.3, 0.4) is 0 Å².